The maximum absolute atomic E-state index is 12.1. The number of anilines is 1. The van der Waals surface area contributed by atoms with Gasteiger partial charge in [-0.1, -0.05) is 27.5 Å². The molecule has 0 aliphatic carbocycles. The third kappa shape index (κ3) is 3.28. The molecule has 3 nitrogen and oxygen atoms in total. The van der Waals surface area contributed by atoms with Gasteiger partial charge in [0.25, 0.3) is 0 Å². The second-order valence-corrected chi connectivity index (χ2v) is 6.05. The minimum Gasteiger partial charge on any atom is -0.338 e. The molecule has 0 aliphatic rings. The van der Waals surface area contributed by atoms with Crippen LogP contribution in [-0.2, 0) is 11.3 Å². The summed E-state index contributed by atoms with van der Waals surface area (Å²) in [5, 5.41) is 4.60. The van der Waals surface area contributed by atoms with Crippen LogP contribution >= 0.6 is 27.5 Å². The van der Waals surface area contributed by atoms with Crippen LogP contribution < -0.4 is 5.32 Å². The Morgan fingerprint density at radius 1 is 1.14 bits per heavy atom. The Bertz CT molecular complexity index is 796. The fourth-order valence-corrected chi connectivity index (χ4v) is 2.70. The van der Waals surface area contributed by atoms with Crippen LogP contribution in [0.25, 0.3) is 10.9 Å². The Balaban J connectivity index is 1.75. The summed E-state index contributed by atoms with van der Waals surface area (Å²) in [6, 6.07) is 15.1. The van der Waals surface area contributed by atoms with E-state index in [0.717, 1.165) is 21.1 Å². The monoisotopic (exact) mass is 362 g/mol. The molecule has 0 aliphatic heterocycles. The number of rotatable bonds is 3. The SMILES string of the molecule is O=C(Cn1ccc2cc(Br)ccc21)Nc1ccc(Cl)cc1. The van der Waals surface area contributed by atoms with Gasteiger partial charge in [-0.05, 0) is 48.5 Å². The van der Waals surface area contributed by atoms with Crippen molar-refractivity contribution in [3.8, 4) is 0 Å². The molecule has 0 radical (unpaired) electrons. The lowest BCUT2D eigenvalue weighted by Crippen LogP contribution is -2.18. The lowest BCUT2D eigenvalue weighted by Gasteiger charge is -2.07. The number of halogens is 2. The first kappa shape index (κ1) is 14.2. The van der Waals surface area contributed by atoms with Crippen LogP contribution in [0.15, 0.2) is 59.2 Å². The van der Waals surface area contributed by atoms with Crippen molar-refractivity contribution in [3.63, 3.8) is 0 Å². The van der Waals surface area contributed by atoms with Gasteiger partial charge in [0.2, 0.25) is 5.91 Å². The third-order valence-electron chi connectivity index (χ3n) is 3.17. The van der Waals surface area contributed by atoms with E-state index in [9.17, 15) is 4.79 Å². The number of carbonyl (C=O) groups is 1. The van der Waals surface area contributed by atoms with Gasteiger partial charge < -0.3 is 9.88 Å². The Kier molecular flexibility index (Phi) is 3.99. The third-order valence-corrected chi connectivity index (χ3v) is 3.92. The second kappa shape index (κ2) is 5.92. The molecular weight excluding hydrogens is 352 g/mol. The summed E-state index contributed by atoms with van der Waals surface area (Å²) in [6.07, 6.45) is 1.92. The predicted octanol–water partition coefficient (Wildman–Crippen LogP) is 4.70. The van der Waals surface area contributed by atoms with Gasteiger partial charge in [-0.25, -0.2) is 0 Å². The molecule has 1 heterocycles. The van der Waals surface area contributed by atoms with E-state index >= 15 is 0 Å². The van der Waals surface area contributed by atoms with Crippen LogP contribution in [0.5, 0.6) is 0 Å². The normalized spacial score (nSPS) is 10.8. The molecule has 0 atom stereocenters. The van der Waals surface area contributed by atoms with Crippen molar-refractivity contribution in [1.82, 2.24) is 4.57 Å². The molecule has 0 unspecified atom stereocenters. The summed E-state index contributed by atoms with van der Waals surface area (Å²) >= 11 is 9.26. The van der Waals surface area contributed by atoms with E-state index in [2.05, 4.69) is 21.2 Å². The minimum atomic E-state index is -0.0715. The fourth-order valence-electron chi connectivity index (χ4n) is 2.20. The zero-order valence-electron chi connectivity index (χ0n) is 11.0. The summed E-state index contributed by atoms with van der Waals surface area (Å²) in [6.45, 7) is 0.272. The summed E-state index contributed by atoms with van der Waals surface area (Å²) in [7, 11) is 0. The van der Waals surface area contributed by atoms with Gasteiger partial charge in [-0.3, -0.25) is 4.79 Å². The number of benzene rings is 2. The van der Waals surface area contributed by atoms with Gasteiger partial charge in [0.15, 0.2) is 0 Å². The van der Waals surface area contributed by atoms with Crippen molar-refractivity contribution < 1.29 is 4.79 Å². The van der Waals surface area contributed by atoms with Gasteiger partial charge >= 0.3 is 0 Å². The van der Waals surface area contributed by atoms with Crippen molar-refractivity contribution >= 4 is 50.0 Å². The molecule has 0 fully saturated rings. The van der Waals surface area contributed by atoms with Gasteiger partial charge in [0.1, 0.15) is 6.54 Å². The highest BCUT2D eigenvalue weighted by molar-refractivity contribution is 9.10. The predicted molar refractivity (Wildman–Crippen MR) is 89.7 cm³/mol. The number of fused-ring (bicyclic) bond motifs is 1. The smallest absolute Gasteiger partial charge is 0.244 e. The molecule has 3 aromatic rings. The second-order valence-electron chi connectivity index (χ2n) is 4.70. The minimum absolute atomic E-state index is 0.0715. The Labute approximate surface area is 135 Å². The van der Waals surface area contributed by atoms with E-state index in [1.165, 1.54) is 0 Å². The van der Waals surface area contributed by atoms with E-state index in [4.69, 9.17) is 11.6 Å². The fraction of sp³-hybridized carbons (Fsp3) is 0.0625. The molecule has 0 spiro atoms. The molecule has 5 heteroatoms. The number of nitrogens with one attached hydrogen (secondary N) is 1. The Morgan fingerprint density at radius 3 is 2.67 bits per heavy atom. The number of nitrogens with zero attached hydrogens (tertiary/aromatic N) is 1. The van der Waals surface area contributed by atoms with Crippen LogP contribution in [0.3, 0.4) is 0 Å². The van der Waals surface area contributed by atoms with E-state index < -0.39 is 0 Å². The average Bonchev–Trinajstić information content (AvgIpc) is 2.83. The van der Waals surface area contributed by atoms with Crippen molar-refractivity contribution in [2.24, 2.45) is 0 Å². The van der Waals surface area contributed by atoms with E-state index in [-0.39, 0.29) is 12.5 Å². The molecule has 1 amide bonds. The van der Waals surface area contributed by atoms with Gasteiger partial charge in [-0.2, -0.15) is 0 Å². The Hall–Kier alpha value is -1.78. The Morgan fingerprint density at radius 2 is 1.90 bits per heavy atom. The van der Waals surface area contributed by atoms with Crippen LogP contribution in [0.2, 0.25) is 5.02 Å². The molecule has 2 aromatic carbocycles. The maximum Gasteiger partial charge on any atom is 0.244 e. The van der Waals surface area contributed by atoms with Crippen LogP contribution in [0, 0.1) is 0 Å². The average molecular weight is 364 g/mol. The number of amides is 1. The molecule has 21 heavy (non-hydrogen) atoms. The zero-order chi connectivity index (χ0) is 14.8. The summed E-state index contributed by atoms with van der Waals surface area (Å²) in [4.78, 5) is 12.1. The molecule has 1 aromatic heterocycles. The molecule has 0 bridgehead atoms. The first-order chi connectivity index (χ1) is 10.1. The lowest BCUT2D eigenvalue weighted by molar-refractivity contribution is -0.116. The number of carbonyl (C=O) groups excluding carboxylic acids is 1. The van der Waals surface area contributed by atoms with E-state index in [1.54, 1.807) is 24.3 Å². The summed E-state index contributed by atoms with van der Waals surface area (Å²) < 4.78 is 2.95. The standard InChI is InChI=1S/C16H12BrClN2O/c17-12-1-6-15-11(9-12)7-8-20(15)10-16(21)19-14-4-2-13(18)3-5-14/h1-9H,10H2,(H,19,21). The largest absolute Gasteiger partial charge is 0.338 e. The highest BCUT2D eigenvalue weighted by atomic mass is 79.9. The first-order valence-corrected chi connectivity index (χ1v) is 7.59. The molecule has 1 N–H and O–H groups in total. The van der Waals surface area contributed by atoms with Gasteiger partial charge in [0.05, 0.1) is 0 Å². The molecule has 3 rings (SSSR count). The summed E-state index contributed by atoms with van der Waals surface area (Å²) in [5.41, 5.74) is 1.77. The first-order valence-electron chi connectivity index (χ1n) is 6.42. The van der Waals surface area contributed by atoms with Gasteiger partial charge in [0, 0.05) is 32.3 Å². The van der Waals surface area contributed by atoms with E-state index in [1.807, 2.05) is 35.0 Å². The van der Waals surface area contributed by atoms with E-state index in [0.29, 0.717) is 5.02 Å². The highest BCUT2D eigenvalue weighted by Crippen LogP contribution is 2.21. The van der Waals surface area contributed by atoms with Crippen LogP contribution in [0.1, 0.15) is 0 Å². The highest BCUT2D eigenvalue weighted by Gasteiger charge is 2.07. The van der Waals surface area contributed by atoms with Crippen molar-refractivity contribution in [2.75, 3.05) is 5.32 Å². The lowest BCUT2D eigenvalue weighted by atomic mass is 10.2. The quantitative estimate of drug-likeness (QED) is 0.719. The summed E-state index contributed by atoms with van der Waals surface area (Å²) in [5.74, 6) is -0.0715. The number of hydrogen-bond donors (Lipinski definition) is 1. The topological polar surface area (TPSA) is 34.0 Å². The van der Waals surface area contributed by atoms with Crippen molar-refractivity contribution in [2.45, 2.75) is 6.54 Å². The van der Waals surface area contributed by atoms with Gasteiger partial charge in [-0.15, -0.1) is 0 Å². The van der Waals surface area contributed by atoms with Crippen molar-refractivity contribution in [1.29, 1.82) is 0 Å². The number of aromatic nitrogens is 1. The van der Waals surface area contributed by atoms with Crippen LogP contribution in [0.4, 0.5) is 5.69 Å². The molecule has 0 saturated carbocycles. The van der Waals surface area contributed by atoms with Crippen LogP contribution in [-0.4, -0.2) is 10.5 Å². The maximum atomic E-state index is 12.1. The van der Waals surface area contributed by atoms with Crippen molar-refractivity contribution in [3.05, 3.63) is 64.2 Å². The molecule has 0 saturated heterocycles. The molecule has 106 valence electrons. The number of hydrogen-bond acceptors (Lipinski definition) is 1. The zero-order valence-corrected chi connectivity index (χ0v) is 13.4. The molecular formula is C16H12BrClN2O.